The van der Waals surface area contributed by atoms with Gasteiger partial charge >= 0.3 is 0 Å². The van der Waals surface area contributed by atoms with E-state index < -0.39 is 9.84 Å². The minimum absolute atomic E-state index is 0.0833. The molecule has 2 N–H and O–H groups in total. The molecule has 1 fully saturated rings. The van der Waals surface area contributed by atoms with Crippen LogP contribution in [0.5, 0.6) is 0 Å². The van der Waals surface area contributed by atoms with Crippen molar-refractivity contribution in [2.45, 2.75) is 32.2 Å². The molecule has 0 aromatic rings. The number of sulfone groups is 1. The Balaban J connectivity index is 2.31. The van der Waals surface area contributed by atoms with Gasteiger partial charge in [-0.1, -0.05) is 0 Å². The number of likely N-dealkylation sites (tertiary alicyclic amines) is 1. The Morgan fingerprint density at radius 1 is 1.48 bits per heavy atom. The van der Waals surface area contributed by atoms with Crippen LogP contribution in [0, 0.1) is 5.92 Å². The van der Waals surface area contributed by atoms with Crippen molar-refractivity contribution in [2.75, 3.05) is 45.7 Å². The lowest BCUT2D eigenvalue weighted by atomic mass is 9.99. The van der Waals surface area contributed by atoms with Gasteiger partial charge in [0.05, 0.1) is 5.75 Å². The van der Waals surface area contributed by atoms with Crippen molar-refractivity contribution in [2.24, 2.45) is 10.9 Å². The van der Waals surface area contributed by atoms with Gasteiger partial charge in [-0.2, -0.15) is 0 Å². The molecule has 0 bridgehead atoms. The minimum Gasteiger partial charge on any atom is -0.356 e. The maximum absolute atomic E-state index is 11.2. The predicted molar refractivity (Wildman–Crippen MR) is 88.5 cm³/mol. The molecule has 124 valence electrons. The zero-order valence-corrected chi connectivity index (χ0v) is 14.5. The first kappa shape index (κ1) is 18.2. The average molecular weight is 318 g/mol. The predicted octanol–water partition coefficient (Wildman–Crippen LogP) is 0.316. The topological polar surface area (TPSA) is 73.8 Å². The number of guanidine groups is 1. The summed E-state index contributed by atoms with van der Waals surface area (Å²) in [5.41, 5.74) is 0. The summed E-state index contributed by atoms with van der Waals surface area (Å²) >= 11 is 0. The summed E-state index contributed by atoms with van der Waals surface area (Å²) in [6.07, 6.45) is 4.36. The highest BCUT2D eigenvalue weighted by Crippen LogP contribution is 2.13. The first-order valence-electron chi connectivity index (χ1n) is 7.63. The highest BCUT2D eigenvalue weighted by atomic mass is 32.2. The fourth-order valence-corrected chi connectivity index (χ4v) is 3.35. The van der Waals surface area contributed by atoms with Crippen molar-refractivity contribution in [1.29, 1.82) is 0 Å². The number of hydrogen-bond donors (Lipinski definition) is 2. The van der Waals surface area contributed by atoms with Crippen LogP contribution in [0.3, 0.4) is 0 Å². The maximum atomic E-state index is 11.2. The number of piperidine rings is 1. The minimum atomic E-state index is -2.90. The van der Waals surface area contributed by atoms with E-state index in [1.165, 1.54) is 25.6 Å². The second kappa shape index (κ2) is 8.58. The molecule has 0 aliphatic carbocycles. The molecule has 1 aliphatic heterocycles. The zero-order chi connectivity index (χ0) is 15.9. The van der Waals surface area contributed by atoms with Gasteiger partial charge in [0.2, 0.25) is 0 Å². The molecule has 21 heavy (non-hydrogen) atoms. The molecule has 0 amide bonds. The van der Waals surface area contributed by atoms with Gasteiger partial charge in [0.25, 0.3) is 0 Å². The molecule has 0 aromatic heterocycles. The smallest absolute Gasteiger partial charge is 0.191 e. The molecule has 7 heteroatoms. The first-order chi connectivity index (χ1) is 9.80. The zero-order valence-electron chi connectivity index (χ0n) is 13.7. The number of hydrogen-bond acceptors (Lipinski definition) is 4. The number of nitrogens with zero attached hydrogens (tertiary/aromatic N) is 2. The standard InChI is InChI=1S/C14H30N4O2S/c1-12(7-9-21(4,19)20)17-14(15-2)16-10-13-6-5-8-18(3)11-13/h12-13H,5-11H2,1-4H3,(H2,15,16,17). The average Bonchev–Trinajstić information content (AvgIpc) is 2.40. The molecular weight excluding hydrogens is 288 g/mol. The summed E-state index contributed by atoms with van der Waals surface area (Å²) in [7, 11) is 0.998. The third-order valence-corrected chi connectivity index (χ3v) is 4.79. The van der Waals surface area contributed by atoms with E-state index in [0.717, 1.165) is 19.0 Å². The number of rotatable bonds is 6. The van der Waals surface area contributed by atoms with Crippen LogP contribution in [0.4, 0.5) is 0 Å². The van der Waals surface area contributed by atoms with Crippen LogP contribution in [-0.2, 0) is 9.84 Å². The van der Waals surface area contributed by atoms with Gasteiger partial charge in [0.1, 0.15) is 9.84 Å². The normalized spacial score (nSPS) is 22.9. The first-order valence-corrected chi connectivity index (χ1v) is 9.69. The number of nitrogens with one attached hydrogen (secondary N) is 2. The van der Waals surface area contributed by atoms with E-state index in [-0.39, 0.29) is 11.8 Å². The van der Waals surface area contributed by atoms with Crippen LogP contribution >= 0.6 is 0 Å². The molecule has 0 aromatic carbocycles. The van der Waals surface area contributed by atoms with Gasteiger partial charge in [-0.3, -0.25) is 4.99 Å². The Kier molecular flexibility index (Phi) is 7.45. The summed E-state index contributed by atoms with van der Waals surface area (Å²) in [6, 6.07) is 0.0833. The number of aliphatic imine (C=N–C) groups is 1. The molecule has 2 unspecified atom stereocenters. The van der Waals surface area contributed by atoms with Gasteiger partial charge in [0.15, 0.2) is 5.96 Å². The lowest BCUT2D eigenvalue weighted by molar-refractivity contribution is 0.210. The van der Waals surface area contributed by atoms with Crippen LogP contribution < -0.4 is 10.6 Å². The van der Waals surface area contributed by atoms with E-state index in [2.05, 4.69) is 27.6 Å². The molecule has 1 heterocycles. The van der Waals surface area contributed by atoms with E-state index in [1.807, 2.05) is 6.92 Å². The van der Waals surface area contributed by atoms with Gasteiger partial charge in [0, 0.05) is 32.4 Å². The largest absolute Gasteiger partial charge is 0.356 e. The summed E-state index contributed by atoms with van der Waals surface area (Å²) in [5, 5.41) is 6.60. The van der Waals surface area contributed by atoms with Crippen molar-refractivity contribution in [3.05, 3.63) is 0 Å². The van der Waals surface area contributed by atoms with Gasteiger partial charge in [-0.15, -0.1) is 0 Å². The molecular formula is C14H30N4O2S. The van der Waals surface area contributed by atoms with Crippen LogP contribution in [-0.4, -0.2) is 71.1 Å². The van der Waals surface area contributed by atoms with Crippen molar-refractivity contribution >= 4 is 15.8 Å². The van der Waals surface area contributed by atoms with Crippen molar-refractivity contribution in [3.63, 3.8) is 0 Å². The molecule has 2 atom stereocenters. The molecule has 0 radical (unpaired) electrons. The Morgan fingerprint density at radius 2 is 2.19 bits per heavy atom. The monoisotopic (exact) mass is 318 g/mol. The molecule has 1 rings (SSSR count). The summed E-state index contributed by atoms with van der Waals surface area (Å²) in [6.45, 7) is 5.19. The lowest BCUT2D eigenvalue weighted by Crippen LogP contribution is -2.46. The van der Waals surface area contributed by atoms with E-state index >= 15 is 0 Å². The van der Waals surface area contributed by atoms with Crippen molar-refractivity contribution in [1.82, 2.24) is 15.5 Å². The van der Waals surface area contributed by atoms with Crippen molar-refractivity contribution in [3.8, 4) is 0 Å². The molecule has 0 saturated carbocycles. The van der Waals surface area contributed by atoms with E-state index in [0.29, 0.717) is 12.3 Å². The maximum Gasteiger partial charge on any atom is 0.191 e. The van der Waals surface area contributed by atoms with E-state index in [9.17, 15) is 8.42 Å². The van der Waals surface area contributed by atoms with Crippen LogP contribution in [0.1, 0.15) is 26.2 Å². The Labute approximate surface area is 129 Å². The quantitative estimate of drug-likeness (QED) is 0.545. The fourth-order valence-electron chi connectivity index (χ4n) is 2.57. The fraction of sp³-hybridized carbons (Fsp3) is 0.929. The molecule has 1 aliphatic rings. The highest BCUT2D eigenvalue weighted by Gasteiger charge is 2.17. The lowest BCUT2D eigenvalue weighted by Gasteiger charge is -2.30. The highest BCUT2D eigenvalue weighted by molar-refractivity contribution is 7.90. The van der Waals surface area contributed by atoms with Crippen LogP contribution in [0.15, 0.2) is 4.99 Å². The molecule has 1 saturated heterocycles. The third-order valence-electron chi connectivity index (χ3n) is 3.81. The second-order valence-electron chi connectivity index (χ2n) is 6.19. The van der Waals surface area contributed by atoms with Gasteiger partial charge in [-0.05, 0) is 45.7 Å². The SMILES string of the molecule is CN=C(NCC1CCCN(C)C1)NC(C)CCS(C)(=O)=O. The summed E-state index contributed by atoms with van der Waals surface area (Å²) < 4.78 is 22.4. The third kappa shape index (κ3) is 8.26. The Morgan fingerprint density at radius 3 is 2.76 bits per heavy atom. The Hall–Kier alpha value is -0.820. The van der Waals surface area contributed by atoms with Crippen LogP contribution in [0.25, 0.3) is 0 Å². The van der Waals surface area contributed by atoms with E-state index in [1.54, 1.807) is 7.05 Å². The van der Waals surface area contributed by atoms with Gasteiger partial charge < -0.3 is 15.5 Å². The molecule has 0 spiro atoms. The summed E-state index contributed by atoms with van der Waals surface area (Å²) in [5.74, 6) is 1.60. The second-order valence-corrected chi connectivity index (χ2v) is 8.45. The van der Waals surface area contributed by atoms with Gasteiger partial charge in [-0.25, -0.2) is 8.42 Å². The summed E-state index contributed by atoms with van der Waals surface area (Å²) in [4.78, 5) is 6.57. The van der Waals surface area contributed by atoms with Crippen LogP contribution in [0.2, 0.25) is 0 Å². The van der Waals surface area contributed by atoms with E-state index in [4.69, 9.17) is 0 Å². The van der Waals surface area contributed by atoms with Crippen molar-refractivity contribution < 1.29 is 8.42 Å². The molecule has 6 nitrogen and oxygen atoms in total. The Bertz CT molecular complexity index is 436.